The number of halogens is 2. The van der Waals surface area contributed by atoms with Gasteiger partial charge in [-0.3, -0.25) is 9.59 Å². The van der Waals surface area contributed by atoms with Crippen molar-refractivity contribution in [2.24, 2.45) is 5.92 Å². The highest BCUT2D eigenvalue weighted by molar-refractivity contribution is 6.35. The Morgan fingerprint density at radius 2 is 2.00 bits per heavy atom. The lowest BCUT2D eigenvalue weighted by molar-refractivity contribution is -0.138. The predicted octanol–water partition coefficient (Wildman–Crippen LogP) is 3.15. The SMILES string of the molecule is CC(CC(=O)O)CC(=O)NCCc1ccc(Cl)cc1Cl. The van der Waals surface area contributed by atoms with Crippen LogP contribution in [0.5, 0.6) is 0 Å². The molecule has 0 radical (unpaired) electrons. The molecule has 1 amide bonds. The Hall–Kier alpha value is -1.26. The van der Waals surface area contributed by atoms with E-state index in [-0.39, 0.29) is 24.7 Å². The van der Waals surface area contributed by atoms with Gasteiger partial charge in [-0.15, -0.1) is 0 Å². The average Bonchev–Trinajstić information content (AvgIpc) is 2.30. The van der Waals surface area contributed by atoms with Crippen LogP contribution in [0.25, 0.3) is 0 Å². The molecule has 0 bridgehead atoms. The maximum Gasteiger partial charge on any atom is 0.303 e. The Morgan fingerprint density at radius 1 is 1.30 bits per heavy atom. The van der Waals surface area contributed by atoms with E-state index in [2.05, 4.69) is 5.32 Å². The fourth-order valence-corrected chi connectivity index (χ4v) is 2.32. The zero-order valence-corrected chi connectivity index (χ0v) is 12.7. The molecule has 0 aromatic heterocycles. The second-order valence-electron chi connectivity index (χ2n) is 4.74. The summed E-state index contributed by atoms with van der Waals surface area (Å²) in [5.74, 6) is -1.21. The van der Waals surface area contributed by atoms with Gasteiger partial charge in [0.05, 0.1) is 0 Å². The van der Waals surface area contributed by atoms with Crippen molar-refractivity contribution in [3.8, 4) is 0 Å². The van der Waals surface area contributed by atoms with Crippen molar-refractivity contribution in [3.63, 3.8) is 0 Å². The van der Waals surface area contributed by atoms with Crippen LogP contribution in [0.2, 0.25) is 10.0 Å². The summed E-state index contributed by atoms with van der Waals surface area (Å²) >= 11 is 11.8. The first kappa shape index (κ1) is 16.8. The quantitative estimate of drug-likeness (QED) is 0.811. The smallest absolute Gasteiger partial charge is 0.303 e. The van der Waals surface area contributed by atoms with Gasteiger partial charge in [-0.05, 0) is 30.0 Å². The maximum absolute atomic E-state index is 11.6. The molecule has 0 heterocycles. The molecule has 0 saturated carbocycles. The van der Waals surface area contributed by atoms with Crippen molar-refractivity contribution in [1.29, 1.82) is 0 Å². The highest BCUT2D eigenvalue weighted by Crippen LogP contribution is 2.21. The Labute approximate surface area is 128 Å². The second-order valence-corrected chi connectivity index (χ2v) is 5.59. The molecule has 110 valence electrons. The summed E-state index contributed by atoms with van der Waals surface area (Å²) in [7, 11) is 0. The third-order valence-corrected chi connectivity index (χ3v) is 3.38. The summed E-state index contributed by atoms with van der Waals surface area (Å²) in [6.45, 7) is 2.20. The van der Waals surface area contributed by atoms with E-state index >= 15 is 0 Å². The van der Waals surface area contributed by atoms with Crippen molar-refractivity contribution in [3.05, 3.63) is 33.8 Å². The highest BCUT2D eigenvalue weighted by Gasteiger charge is 2.12. The normalized spacial score (nSPS) is 11.9. The van der Waals surface area contributed by atoms with Crippen LogP contribution in [0, 0.1) is 5.92 Å². The number of rotatable bonds is 7. The van der Waals surface area contributed by atoms with Crippen LogP contribution in [-0.2, 0) is 16.0 Å². The van der Waals surface area contributed by atoms with Gasteiger partial charge in [-0.2, -0.15) is 0 Å². The number of carboxylic acids is 1. The molecule has 20 heavy (non-hydrogen) atoms. The van der Waals surface area contributed by atoms with Crippen LogP contribution in [0.15, 0.2) is 18.2 Å². The summed E-state index contributed by atoms with van der Waals surface area (Å²) < 4.78 is 0. The van der Waals surface area contributed by atoms with Gasteiger partial charge in [-0.1, -0.05) is 36.2 Å². The minimum Gasteiger partial charge on any atom is -0.481 e. The molecule has 0 spiro atoms. The molecule has 1 rings (SSSR count). The van der Waals surface area contributed by atoms with Gasteiger partial charge in [0.2, 0.25) is 5.91 Å². The largest absolute Gasteiger partial charge is 0.481 e. The number of hydrogen-bond acceptors (Lipinski definition) is 2. The van der Waals surface area contributed by atoms with E-state index < -0.39 is 5.97 Å². The van der Waals surface area contributed by atoms with E-state index in [0.29, 0.717) is 23.0 Å². The third-order valence-electron chi connectivity index (χ3n) is 2.79. The standard InChI is InChI=1S/C14H17Cl2NO3/c1-9(7-14(19)20)6-13(18)17-5-4-10-2-3-11(15)8-12(10)16/h2-3,8-9H,4-7H2,1H3,(H,17,18)(H,19,20). The summed E-state index contributed by atoms with van der Waals surface area (Å²) in [6.07, 6.45) is 0.812. The lowest BCUT2D eigenvalue weighted by Crippen LogP contribution is -2.27. The predicted molar refractivity (Wildman–Crippen MR) is 79.2 cm³/mol. The van der Waals surface area contributed by atoms with Gasteiger partial charge in [0, 0.05) is 29.4 Å². The summed E-state index contributed by atoms with van der Waals surface area (Å²) in [4.78, 5) is 22.1. The highest BCUT2D eigenvalue weighted by atomic mass is 35.5. The monoisotopic (exact) mass is 317 g/mol. The number of carboxylic acid groups (broad SMARTS) is 1. The van der Waals surface area contributed by atoms with E-state index in [0.717, 1.165) is 5.56 Å². The molecule has 0 aliphatic rings. The minimum absolute atomic E-state index is 0.00354. The topological polar surface area (TPSA) is 66.4 Å². The Bertz CT molecular complexity index is 491. The van der Waals surface area contributed by atoms with Crippen LogP contribution >= 0.6 is 23.2 Å². The molecule has 1 aromatic carbocycles. The fourth-order valence-electron chi connectivity index (χ4n) is 1.82. The van der Waals surface area contributed by atoms with E-state index in [4.69, 9.17) is 28.3 Å². The van der Waals surface area contributed by atoms with Gasteiger partial charge < -0.3 is 10.4 Å². The van der Waals surface area contributed by atoms with Crippen molar-refractivity contribution in [1.82, 2.24) is 5.32 Å². The van der Waals surface area contributed by atoms with E-state index in [1.54, 1.807) is 19.1 Å². The summed E-state index contributed by atoms with van der Waals surface area (Å²) in [6, 6.07) is 5.23. The van der Waals surface area contributed by atoms with Gasteiger partial charge in [0.15, 0.2) is 0 Å². The van der Waals surface area contributed by atoms with Crippen LogP contribution in [0.3, 0.4) is 0 Å². The van der Waals surface area contributed by atoms with Gasteiger partial charge in [-0.25, -0.2) is 0 Å². The molecule has 0 aliphatic heterocycles. The lowest BCUT2D eigenvalue weighted by atomic mass is 10.0. The zero-order valence-electron chi connectivity index (χ0n) is 11.2. The number of amides is 1. The number of carbonyl (C=O) groups is 2. The molecular formula is C14H17Cl2NO3. The number of hydrogen-bond donors (Lipinski definition) is 2. The van der Waals surface area contributed by atoms with E-state index in [1.165, 1.54) is 0 Å². The van der Waals surface area contributed by atoms with Crippen molar-refractivity contribution in [2.45, 2.75) is 26.2 Å². The van der Waals surface area contributed by atoms with Crippen molar-refractivity contribution < 1.29 is 14.7 Å². The molecule has 0 saturated heterocycles. The first-order valence-electron chi connectivity index (χ1n) is 6.31. The van der Waals surface area contributed by atoms with E-state index in [1.807, 2.05) is 6.07 Å². The zero-order chi connectivity index (χ0) is 15.1. The first-order chi connectivity index (χ1) is 9.38. The third kappa shape index (κ3) is 6.26. The molecule has 4 nitrogen and oxygen atoms in total. The molecular weight excluding hydrogens is 301 g/mol. The number of carbonyl (C=O) groups excluding carboxylic acids is 1. The van der Waals surface area contributed by atoms with Crippen LogP contribution < -0.4 is 5.32 Å². The van der Waals surface area contributed by atoms with Gasteiger partial charge in [0.1, 0.15) is 0 Å². The first-order valence-corrected chi connectivity index (χ1v) is 7.06. The number of nitrogens with one attached hydrogen (secondary N) is 1. The van der Waals surface area contributed by atoms with Gasteiger partial charge >= 0.3 is 5.97 Å². The Morgan fingerprint density at radius 3 is 2.60 bits per heavy atom. The molecule has 6 heteroatoms. The van der Waals surface area contributed by atoms with Crippen LogP contribution in [0.4, 0.5) is 0 Å². The Kier molecular flexibility index (Phi) is 6.82. The van der Waals surface area contributed by atoms with Crippen molar-refractivity contribution in [2.75, 3.05) is 6.54 Å². The molecule has 1 aromatic rings. The number of aliphatic carboxylic acids is 1. The second kappa shape index (κ2) is 8.12. The lowest BCUT2D eigenvalue weighted by Gasteiger charge is -2.10. The summed E-state index contributed by atoms with van der Waals surface area (Å²) in [5.41, 5.74) is 0.912. The van der Waals surface area contributed by atoms with E-state index in [9.17, 15) is 9.59 Å². The molecule has 1 atom stereocenters. The minimum atomic E-state index is -0.891. The van der Waals surface area contributed by atoms with Gasteiger partial charge in [0.25, 0.3) is 0 Å². The molecule has 0 aliphatic carbocycles. The molecule has 1 unspecified atom stereocenters. The maximum atomic E-state index is 11.6. The summed E-state index contributed by atoms with van der Waals surface area (Å²) in [5, 5.41) is 12.5. The van der Waals surface area contributed by atoms with Crippen molar-refractivity contribution >= 4 is 35.1 Å². The molecule has 0 fully saturated rings. The molecule has 2 N–H and O–H groups in total. The fraction of sp³-hybridized carbons (Fsp3) is 0.429. The Balaban J connectivity index is 2.33. The van der Waals surface area contributed by atoms with Crippen LogP contribution in [-0.4, -0.2) is 23.5 Å². The van der Waals surface area contributed by atoms with Crippen LogP contribution in [0.1, 0.15) is 25.3 Å². The average molecular weight is 318 g/mol. The number of benzene rings is 1.